The molecule has 1 aromatic carbocycles. The number of piperidine rings is 1. The first-order valence-electron chi connectivity index (χ1n) is 9.91. The zero-order chi connectivity index (χ0) is 19.2. The molecule has 1 aromatic rings. The number of likely N-dealkylation sites (tertiary alicyclic amines) is 1. The second-order valence-corrected chi connectivity index (χ2v) is 7.61. The standard InChI is InChI=1S/C21H31N3O3/c1-23-19(15-27-2)18(8-9-20(23)25)21(26)22-11-5-12-24-13-10-16-6-3-4-7-17(16)14-24/h3-4,6-7,18-19H,5,8-15H2,1-2H3,(H,22,26). The molecule has 1 fully saturated rings. The number of hydrogen-bond acceptors (Lipinski definition) is 4. The molecule has 6 nitrogen and oxygen atoms in total. The lowest BCUT2D eigenvalue weighted by atomic mass is 9.88. The number of benzene rings is 1. The minimum atomic E-state index is -0.186. The van der Waals surface area contributed by atoms with Gasteiger partial charge in [-0.1, -0.05) is 24.3 Å². The van der Waals surface area contributed by atoms with Gasteiger partial charge in [-0.25, -0.2) is 0 Å². The van der Waals surface area contributed by atoms with Crippen molar-refractivity contribution in [3.8, 4) is 0 Å². The Kier molecular flexibility index (Phi) is 6.85. The van der Waals surface area contributed by atoms with Crippen LogP contribution in [0.3, 0.4) is 0 Å². The SMILES string of the molecule is COCC1C(C(=O)NCCCN2CCc3ccccc3C2)CCC(=O)N1C. The van der Waals surface area contributed by atoms with Crippen molar-refractivity contribution >= 4 is 11.8 Å². The average Bonchev–Trinajstić information content (AvgIpc) is 2.69. The number of hydrogen-bond donors (Lipinski definition) is 1. The predicted octanol–water partition coefficient (Wildman–Crippen LogP) is 1.43. The fourth-order valence-corrected chi connectivity index (χ4v) is 4.20. The molecule has 2 unspecified atom stereocenters. The van der Waals surface area contributed by atoms with Crippen LogP contribution in [0.5, 0.6) is 0 Å². The summed E-state index contributed by atoms with van der Waals surface area (Å²) >= 11 is 0. The average molecular weight is 373 g/mol. The number of carbonyl (C=O) groups is 2. The fraction of sp³-hybridized carbons (Fsp3) is 0.619. The van der Waals surface area contributed by atoms with Gasteiger partial charge in [0.05, 0.1) is 18.6 Å². The molecule has 0 saturated carbocycles. The molecular formula is C21H31N3O3. The maximum absolute atomic E-state index is 12.6. The summed E-state index contributed by atoms with van der Waals surface area (Å²) in [6.45, 7) is 4.13. The number of amides is 2. The second kappa shape index (κ2) is 9.33. The van der Waals surface area contributed by atoms with Gasteiger partial charge in [0.1, 0.15) is 0 Å². The Balaban J connectivity index is 1.42. The van der Waals surface area contributed by atoms with Crippen LogP contribution in [0.4, 0.5) is 0 Å². The summed E-state index contributed by atoms with van der Waals surface area (Å²) in [5.41, 5.74) is 2.88. The molecular weight excluding hydrogens is 342 g/mol. The van der Waals surface area contributed by atoms with Crippen molar-refractivity contribution in [3.05, 3.63) is 35.4 Å². The Morgan fingerprint density at radius 3 is 2.81 bits per heavy atom. The molecule has 2 atom stereocenters. The highest BCUT2D eigenvalue weighted by Crippen LogP contribution is 2.24. The first-order chi connectivity index (χ1) is 13.1. The molecule has 1 N–H and O–H groups in total. The summed E-state index contributed by atoms with van der Waals surface area (Å²) in [6.07, 6.45) is 3.07. The Labute approximate surface area is 161 Å². The van der Waals surface area contributed by atoms with Crippen molar-refractivity contribution in [3.63, 3.8) is 0 Å². The first-order valence-corrected chi connectivity index (χ1v) is 9.91. The summed E-state index contributed by atoms with van der Waals surface area (Å²) in [7, 11) is 3.37. The van der Waals surface area contributed by atoms with E-state index in [4.69, 9.17) is 4.74 Å². The number of methoxy groups -OCH3 is 1. The minimum absolute atomic E-state index is 0.0420. The molecule has 0 spiro atoms. The van der Waals surface area contributed by atoms with E-state index in [0.717, 1.165) is 32.5 Å². The number of ether oxygens (including phenoxy) is 1. The van der Waals surface area contributed by atoms with Gasteiger partial charge in [0, 0.05) is 46.8 Å². The van der Waals surface area contributed by atoms with Crippen LogP contribution >= 0.6 is 0 Å². The Bertz CT molecular complexity index is 664. The largest absolute Gasteiger partial charge is 0.383 e. The van der Waals surface area contributed by atoms with E-state index in [1.165, 1.54) is 11.1 Å². The van der Waals surface area contributed by atoms with E-state index in [1.807, 2.05) is 0 Å². The van der Waals surface area contributed by atoms with Crippen molar-refractivity contribution in [2.24, 2.45) is 5.92 Å². The molecule has 148 valence electrons. The number of nitrogens with one attached hydrogen (secondary N) is 1. The smallest absolute Gasteiger partial charge is 0.225 e. The maximum Gasteiger partial charge on any atom is 0.225 e. The lowest BCUT2D eigenvalue weighted by molar-refractivity contribution is -0.143. The van der Waals surface area contributed by atoms with Gasteiger partial charge in [-0.2, -0.15) is 0 Å². The van der Waals surface area contributed by atoms with E-state index in [-0.39, 0.29) is 23.8 Å². The van der Waals surface area contributed by atoms with Crippen LogP contribution in [-0.2, 0) is 27.3 Å². The zero-order valence-corrected chi connectivity index (χ0v) is 16.4. The molecule has 0 aliphatic carbocycles. The summed E-state index contributed by atoms with van der Waals surface area (Å²) < 4.78 is 5.23. The quantitative estimate of drug-likeness (QED) is 0.735. The fourth-order valence-electron chi connectivity index (χ4n) is 4.20. The zero-order valence-electron chi connectivity index (χ0n) is 16.4. The van der Waals surface area contributed by atoms with Crippen molar-refractivity contribution in [1.82, 2.24) is 15.1 Å². The Morgan fingerprint density at radius 1 is 1.26 bits per heavy atom. The number of rotatable bonds is 7. The van der Waals surface area contributed by atoms with E-state index < -0.39 is 0 Å². The predicted molar refractivity (Wildman–Crippen MR) is 104 cm³/mol. The van der Waals surface area contributed by atoms with E-state index in [0.29, 0.717) is 26.0 Å². The third kappa shape index (κ3) is 4.87. The molecule has 1 saturated heterocycles. The molecule has 2 heterocycles. The lowest BCUT2D eigenvalue weighted by Crippen LogP contribution is -2.53. The van der Waals surface area contributed by atoms with Crippen molar-refractivity contribution in [1.29, 1.82) is 0 Å². The van der Waals surface area contributed by atoms with E-state index in [1.54, 1.807) is 19.1 Å². The van der Waals surface area contributed by atoms with Gasteiger partial charge in [0.15, 0.2) is 0 Å². The highest BCUT2D eigenvalue weighted by atomic mass is 16.5. The lowest BCUT2D eigenvalue weighted by Gasteiger charge is -2.37. The third-order valence-electron chi connectivity index (χ3n) is 5.86. The highest BCUT2D eigenvalue weighted by molar-refractivity contribution is 5.84. The van der Waals surface area contributed by atoms with Gasteiger partial charge in [-0.15, -0.1) is 0 Å². The number of fused-ring (bicyclic) bond motifs is 1. The van der Waals surface area contributed by atoms with Gasteiger partial charge < -0.3 is 15.0 Å². The topological polar surface area (TPSA) is 61.9 Å². The van der Waals surface area contributed by atoms with Crippen LogP contribution in [0.25, 0.3) is 0 Å². The summed E-state index contributed by atoms with van der Waals surface area (Å²) in [6, 6.07) is 8.46. The molecule has 2 amide bonds. The van der Waals surface area contributed by atoms with E-state index in [9.17, 15) is 9.59 Å². The summed E-state index contributed by atoms with van der Waals surface area (Å²) in [5, 5.41) is 3.08. The van der Waals surface area contributed by atoms with Crippen LogP contribution < -0.4 is 5.32 Å². The van der Waals surface area contributed by atoms with Gasteiger partial charge in [0.2, 0.25) is 11.8 Å². The van der Waals surface area contributed by atoms with E-state index >= 15 is 0 Å². The summed E-state index contributed by atoms with van der Waals surface area (Å²) in [4.78, 5) is 28.7. The van der Waals surface area contributed by atoms with Gasteiger partial charge in [-0.05, 0) is 30.4 Å². The van der Waals surface area contributed by atoms with Gasteiger partial charge >= 0.3 is 0 Å². The van der Waals surface area contributed by atoms with Crippen LogP contribution in [0.1, 0.15) is 30.4 Å². The van der Waals surface area contributed by atoms with Crippen LogP contribution in [-0.4, -0.2) is 68.1 Å². The molecule has 3 rings (SSSR count). The molecule has 6 heteroatoms. The van der Waals surface area contributed by atoms with Gasteiger partial charge in [-0.3, -0.25) is 14.5 Å². The minimum Gasteiger partial charge on any atom is -0.383 e. The van der Waals surface area contributed by atoms with Crippen molar-refractivity contribution in [2.75, 3.05) is 40.4 Å². The first kappa shape index (κ1) is 19.8. The normalized spacial score (nSPS) is 23.2. The second-order valence-electron chi connectivity index (χ2n) is 7.61. The molecule has 2 aliphatic rings. The Morgan fingerprint density at radius 2 is 2.04 bits per heavy atom. The molecule has 0 radical (unpaired) electrons. The molecule has 0 bridgehead atoms. The number of carbonyl (C=O) groups excluding carboxylic acids is 2. The monoisotopic (exact) mass is 373 g/mol. The van der Waals surface area contributed by atoms with E-state index in [2.05, 4.69) is 34.5 Å². The van der Waals surface area contributed by atoms with Crippen LogP contribution in [0, 0.1) is 5.92 Å². The molecule has 2 aliphatic heterocycles. The molecule has 0 aromatic heterocycles. The van der Waals surface area contributed by atoms with Gasteiger partial charge in [0.25, 0.3) is 0 Å². The number of nitrogens with zero attached hydrogens (tertiary/aromatic N) is 2. The maximum atomic E-state index is 12.6. The Hall–Kier alpha value is -1.92. The van der Waals surface area contributed by atoms with Crippen LogP contribution in [0.15, 0.2) is 24.3 Å². The summed E-state index contributed by atoms with van der Waals surface area (Å²) in [5.74, 6) is -0.0543. The third-order valence-corrected chi connectivity index (χ3v) is 5.86. The highest BCUT2D eigenvalue weighted by Gasteiger charge is 2.37. The van der Waals surface area contributed by atoms with Crippen molar-refractivity contribution in [2.45, 2.75) is 38.3 Å². The number of likely N-dealkylation sites (N-methyl/N-ethyl adjacent to an activating group) is 1. The van der Waals surface area contributed by atoms with Crippen molar-refractivity contribution < 1.29 is 14.3 Å². The van der Waals surface area contributed by atoms with Crippen LogP contribution in [0.2, 0.25) is 0 Å². The molecule has 27 heavy (non-hydrogen) atoms.